The van der Waals surface area contributed by atoms with Crippen molar-refractivity contribution in [3.8, 4) is 5.75 Å². The number of carbonyl (C=O) groups excluding carboxylic acids is 1. The van der Waals surface area contributed by atoms with E-state index < -0.39 is 0 Å². The van der Waals surface area contributed by atoms with Crippen LogP contribution in [-0.4, -0.2) is 43.4 Å². The maximum Gasteiger partial charge on any atom is 0.229 e. The van der Waals surface area contributed by atoms with Crippen LogP contribution in [-0.2, 0) is 20.9 Å². The quantitative estimate of drug-likeness (QED) is 0.765. The summed E-state index contributed by atoms with van der Waals surface area (Å²) < 4.78 is 16.4. The van der Waals surface area contributed by atoms with Crippen LogP contribution in [0.3, 0.4) is 0 Å². The van der Waals surface area contributed by atoms with E-state index in [0.717, 1.165) is 11.3 Å². The minimum Gasteiger partial charge on any atom is -0.497 e. The minimum absolute atomic E-state index is 0.00617. The number of β-lactam (4-membered cyclic amide) rings is 1. The first-order chi connectivity index (χ1) is 9.26. The molecule has 0 spiro atoms. The van der Waals surface area contributed by atoms with Crippen LogP contribution in [0.5, 0.6) is 5.75 Å². The number of hydrogen-bond donors (Lipinski definition) is 0. The van der Waals surface area contributed by atoms with Crippen LogP contribution in [0.25, 0.3) is 0 Å². The van der Waals surface area contributed by atoms with Gasteiger partial charge < -0.3 is 19.1 Å². The molecule has 0 N–H and O–H groups in total. The van der Waals surface area contributed by atoms with E-state index in [1.54, 1.807) is 12.0 Å². The molecule has 2 atom stereocenters. The molecule has 0 unspecified atom stereocenters. The van der Waals surface area contributed by atoms with Crippen molar-refractivity contribution >= 4 is 5.91 Å². The molecular formula is C14H17NO4. The molecule has 1 amide bonds. The molecule has 0 aromatic heterocycles. The van der Waals surface area contributed by atoms with Gasteiger partial charge in [-0.2, -0.15) is 0 Å². The third kappa shape index (κ3) is 2.57. The number of benzene rings is 1. The van der Waals surface area contributed by atoms with Crippen molar-refractivity contribution in [1.82, 2.24) is 4.90 Å². The zero-order valence-electron chi connectivity index (χ0n) is 10.9. The van der Waals surface area contributed by atoms with E-state index in [9.17, 15) is 4.79 Å². The summed E-state index contributed by atoms with van der Waals surface area (Å²) >= 11 is 0. The fourth-order valence-electron chi connectivity index (χ4n) is 2.32. The summed E-state index contributed by atoms with van der Waals surface area (Å²) in [6.45, 7) is 1.72. The van der Waals surface area contributed by atoms with Gasteiger partial charge in [0.1, 0.15) is 12.0 Å². The summed E-state index contributed by atoms with van der Waals surface area (Å²) in [5.74, 6) is 0.988. The Balaban J connectivity index is 1.50. The van der Waals surface area contributed by atoms with Crippen LogP contribution >= 0.6 is 0 Å². The molecule has 2 aliphatic rings. The summed E-state index contributed by atoms with van der Waals surface area (Å²) in [6, 6.07) is 7.76. The molecule has 2 fully saturated rings. The fourth-order valence-corrected chi connectivity index (χ4v) is 2.32. The van der Waals surface area contributed by atoms with E-state index in [1.807, 2.05) is 24.3 Å². The first kappa shape index (κ1) is 12.4. The van der Waals surface area contributed by atoms with Gasteiger partial charge in [-0.15, -0.1) is 0 Å². The number of rotatable bonds is 4. The van der Waals surface area contributed by atoms with Gasteiger partial charge in [0.2, 0.25) is 5.91 Å². The lowest BCUT2D eigenvalue weighted by Gasteiger charge is -2.45. The molecule has 2 saturated heterocycles. The van der Waals surface area contributed by atoms with Gasteiger partial charge in [0, 0.05) is 0 Å². The standard InChI is InChI=1S/C14H17NO4/c1-17-11-4-2-10(3-5-11)8-18-12-7-15-13(16)6-14(15)19-9-12/h2-5,12,14H,6-9H2,1H3/t12-,14+/m1/s1. The highest BCUT2D eigenvalue weighted by Crippen LogP contribution is 2.25. The maximum absolute atomic E-state index is 11.3. The van der Waals surface area contributed by atoms with Crippen LogP contribution in [0.4, 0.5) is 0 Å². The summed E-state index contributed by atoms with van der Waals surface area (Å²) in [5.41, 5.74) is 1.08. The number of methoxy groups -OCH3 is 1. The fraction of sp³-hybridized carbons (Fsp3) is 0.500. The van der Waals surface area contributed by atoms with E-state index in [4.69, 9.17) is 14.2 Å². The number of ether oxygens (including phenoxy) is 3. The van der Waals surface area contributed by atoms with E-state index in [-0.39, 0.29) is 18.2 Å². The second kappa shape index (κ2) is 5.19. The molecule has 0 saturated carbocycles. The number of nitrogens with zero attached hydrogens (tertiary/aromatic N) is 1. The Morgan fingerprint density at radius 1 is 1.37 bits per heavy atom. The Kier molecular flexibility index (Phi) is 3.40. The Labute approximate surface area is 112 Å². The zero-order valence-corrected chi connectivity index (χ0v) is 10.9. The number of amides is 1. The van der Waals surface area contributed by atoms with Crippen molar-refractivity contribution in [2.75, 3.05) is 20.3 Å². The molecule has 0 bridgehead atoms. The van der Waals surface area contributed by atoms with E-state index in [2.05, 4.69) is 0 Å². The first-order valence-corrected chi connectivity index (χ1v) is 6.42. The molecule has 102 valence electrons. The van der Waals surface area contributed by atoms with Crippen LogP contribution < -0.4 is 4.74 Å². The molecule has 5 heteroatoms. The van der Waals surface area contributed by atoms with Crippen LogP contribution in [0, 0.1) is 0 Å². The highest BCUT2D eigenvalue weighted by molar-refractivity contribution is 5.82. The highest BCUT2D eigenvalue weighted by Gasteiger charge is 2.42. The third-order valence-electron chi connectivity index (χ3n) is 3.54. The van der Waals surface area contributed by atoms with Crippen LogP contribution in [0.1, 0.15) is 12.0 Å². The summed E-state index contributed by atoms with van der Waals surface area (Å²) in [6.07, 6.45) is 0.474. The van der Waals surface area contributed by atoms with Gasteiger partial charge in [0.15, 0.2) is 0 Å². The predicted molar refractivity (Wildman–Crippen MR) is 67.6 cm³/mol. The van der Waals surface area contributed by atoms with Crippen molar-refractivity contribution in [3.63, 3.8) is 0 Å². The molecule has 1 aromatic rings. The van der Waals surface area contributed by atoms with Crippen LogP contribution in [0.15, 0.2) is 24.3 Å². The Morgan fingerprint density at radius 2 is 2.16 bits per heavy atom. The normalized spacial score (nSPS) is 25.7. The lowest BCUT2D eigenvalue weighted by atomic mass is 10.1. The van der Waals surface area contributed by atoms with Crippen molar-refractivity contribution in [2.45, 2.75) is 25.4 Å². The van der Waals surface area contributed by atoms with Gasteiger partial charge in [0.25, 0.3) is 0 Å². The van der Waals surface area contributed by atoms with E-state index in [1.165, 1.54) is 0 Å². The molecule has 2 heterocycles. The molecule has 1 aromatic carbocycles. The largest absolute Gasteiger partial charge is 0.497 e. The van der Waals surface area contributed by atoms with E-state index >= 15 is 0 Å². The van der Waals surface area contributed by atoms with Gasteiger partial charge in [-0.1, -0.05) is 12.1 Å². The SMILES string of the molecule is COc1ccc(CO[C@H]2CO[C@H]3CC(=O)N3C2)cc1. The molecule has 2 aliphatic heterocycles. The summed E-state index contributed by atoms with van der Waals surface area (Å²) in [7, 11) is 1.64. The molecule has 5 nitrogen and oxygen atoms in total. The van der Waals surface area contributed by atoms with Crippen molar-refractivity contribution in [3.05, 3.63) is 29.8 Å². The van der Waals surface area contributed by atoms with Gasteiger partial charge in [-0.3, -0.25) is 4.79 Å². The second-order valence-corrected chi connectivity index (χ2v) is 4.82. The Bertz CT molecular complexity index is 459. The van der Waals surface area contributed by atoms with Gasteiger partial charge in [-0.25, -0.2) is 0 Å². The number of fused-ring (bicyclic) bond motifs is 1. The lowest BCUT2D eigenvalue weighted by Crippen LogP contribution is -2.61. The van der Waals surface area contributed by atoms with Gasteiger partial charge >= 0.3 is 0 Å². The monoisotopic (exact) mass is 263 g/mol. The second-order valence-electron chi connectivity index (χ2n) is 4.82. The first-order valence-electron chi connectivity index (χ1n) is 6.42. The van der Waals surface area contributed by atoms with Crippen molar-refractivity contribution in [1.29, 1.82) is 0 Å². The van der Waals surface area contributed by atoms with Crippen molar-refractivity contribution < 1.29 is 19.0 Å². The average molecular weight is 263 g/mol. The predicted octanol–water partition coefficient (Wildman–Crippen LogP) is 1.17. The van der Waals surface area contributed by atoms with Gasteiger partial charge in [0.05, 0.1) is 39.4 Å². The Morgan fingerprint density at radius 3 is 2.84 bits per heavy atom. The highest BCUT2D eigenvalue weighted by atomic mass is 16.6. The lowest BCUT2D eigenvalue weighted by molar-refractivity contribution is -0.209. The number of carbonyl (C=O) groups is 1. The van der Waals surface area contributed by atoms with Gasteiger partial charge in [-0.05, 0) is 17.7 Å². The van der Waals surface area contributed by atoms with Crippen LogP contribution in [0.2, 0.25) is 0 Å². The van der Waals surface area contributed by atoms with E-state index in [0.29, 0.717) is 26.2 Å². The summed E-state index contributed by atoms with van der Waals surface area (Å²) in [4.78, 5) is 13.1. The third-order valence-corrected chi connectivity index (χ3v) is 3.54. The Hall–Kier alpha value is -1.59. The smallest absolute Gasteiger partial charge is 0.229 e. The molecule has 0 aliphatic carbocycles. The molecule has 0 radical (unpaired) electrons. The molecular weight excluding hydrogens is 246 g/mol. The zero-order chi connectivity index (χ0) is 13.2. The minimum atomic E-state index is -0.0393. The average Bonchev–Trinajstić information content (AvgIpc) is 2.45. The van der Waals surface area contributed by atoms with Crippen molar-refractivity contribution in [2.24, 2.45) is 0 Å². The number of hydrogen-bond acceptors (Lipinski definition) is 4. The maximum atomic E-state index is 11.3. The topological polar surface area (TPSA) is 48.0 Å². The summed E-state index contributed by atoms with van der Waals surface area (Å²) in [5, 5.41) is 0. The molecule has 3 rings (SSSR count). The molecule has 19 heavy (non-hydrogen) atoms.